The normalized spacial score (nSPS) is 10.8. The van der Waals surface area contributed by atoms with E-state index in [0.29, 0.717) is 16.2 Å². The van der Waals surface area contributed by atoms with E-state index in [1.54, 1.807) is 36.4 Å². The van der Waals surface area contributed by atoms with Crippen LogP contribution in [-0.2, 0) is 9.59 Å². The van der Waals surface area contributed by atoms with Gasteiger partial charge in [-0.15, -0.1) is 0 Å². The van der Waals surface area contributed by atoms with E-state index >= 15 is 0 Å². The molecule has 0 bridgehead atoms. The van der Waals surface area contributed by atoms with Crippen LogP contribution >= 0.6 is 11.6 Å². The van der Waals surface area contributed by atoms with Gasteiger partial charge in [0, 0.05) is 5.52 Å². The molecular weight excluding hydrogens is 356 g/mol. The Balaban J connectivity index is 1.67. The van der Waals surface area contributed by atoms with Crippen LogP contribution in [0.4, 0.5) is 5.69 Å². The van der Waals surface area contributed by atoms with Gasteiger partial charge in [0.25, 0.3) is 5.56 Å². The van der Waals surface area contributed by atoms with Gasteiger partial charge < -0.3 is 10.3 Å². The number of aromatic amines is 1. The van der Waals surface area contributed by atoms with Crippen LogP contribution < -0.4 is 16.3 Å². The Morgan fingerprint density at radius 3 is 2.58 bits per heavy atom. The lowest BCUT2D eigenvalue weighted by atomic mass is 10.2. The van der Waals surface area contributed by atoms with Gasteiger partial charge in [-0.1, -0.05) is 41.9 Å². The van der Waals surface area contributed by atoms with Crippen LogP contribution in [0.25, 0.3) is 10.9 Å². The summed E-state index contributed by atoms with van der Waals surface area (Å²) < 4.78 is 0. The van der Waals surface area contributed by atoms with Crippen LogP contribution in [0.1, 0.15) is 5.56 Å². The van der Waals surface area contributed by atoms with E-state index in [1.165, 1.54) is 6.21 Å². The number of para-hydroxylation sites is 2. The molecule has 7 nitrogen and oxygen atoms in total. The number of amides is 2. The lowest BCUT2D eigenvalue weighted by molar-refractivity contribution is -0.136. The fourth-order valence-corrected chi connectivity index (χ4v) is 2.40. The molecule has 2 aromatic carbocycles. The number of hydrogen-bond acceptors (Lipinski definition) is 4. The lowest BCUT2D eigenvalue weighted by Gasteiger charge is -2.05. The van der Waals surface area contributed by atoms with Crippen molar-refractivity contribution in [1.82, 2.24) is 10.4 Å². The summed E-state index contributed by atoms with van der Waals surface area (Å²) >= 11 is 5.91. The molecule has 0 radical (unpaired) electrons. The molecule has 0 fully saturated rings. The number of aromatic nitrogens is 1. The van der Waals surface area contributed by atoms with E-state index < -0.39 is 11.8 Å². The largest absolute Gasteiger partial charge is 0.329 e. The van der Waals surface area contributed by atoms with Crippen LogP contribution in [0.5, 0.6) is 0 Å². The van der Waals surface area contributed by atoms with Crippen molar-refractivity contribution in [1.29, 1.82) is 0 Å². The quantitative estimate of drug-likeness (QED) is 0.375. The lowest BCUT2D eigenvalue weighted by Crippen LogP contribution is -2.32. The number of halogens is 1. The highest BCUT2D eigenvalue weighted by molar-refractivity contribution is 6.41. The van der Waals surface area contributed by atoms with Gasteiger partial charge >= 0.3 is 11.8 Å². The molecule has 0 aliphatic rings. The van der Waals surface area contributed by atoms with Crippen molar-refractivity contribution >= 4 is 46.2 Å². The first-order valence-electron chi connectivity index (χ1n) is 7.55. The van der Waals surface area contributed by atoms with Crippen molar-refractivity contribution in [2.45, 2.75) is 0 Å². The summed E-state index contributed by atoms with van der Waals surface area (Å²) in [5.74, 6) is -1.92. The van der Waals surface area contributed by atoms with Crippen LogP contribution in [0.15, 0.2) is 64.5 Å². The summed E-state index contributed by atoms with van der Waals surface area (Å²) in [6, 6.07) is 15.4. The number of pyridine rings is 1. The van der Waals surface area contributed by atoms with Crippen molar-refractivity contribution in [2.75, 3.05) is 5.32 Å². The predicted octanol–water partition coefficient (Wildman–Crippen LogP) is 2.27. The number of nitrogens with one attached hydrogen (secondary N) is 3. The van der Waals surface area contributed by atoms with Crippen molar-refractivity contribution in [3.05, 3.63) is 75.5 Å². The molecule has 2 amide bonds. The average Bonchev–Trinajstić information content (AvgIpc) is 2.63. The third kappa shape index (κ3) is 3.96. The standard InChI is InChI=1S/C18H13ClN4O3/c19-13-6-2-4-8-15(13)22-17(25)18(26)23-20-10-12-9-11-5-1-3-7-14(11)21-16(12)24/h1-10H,(H,21,24)(H,22,25)(H,23,26). The van der Waals surface area contributed by atoms with Crippen molar-refractivity contribution in [2.24, 2.45) is 5.10 Å². The minimum Gasteiger partial charge on any atom is -0.321 e. The van der Waals surface area contributed by atoms with E-state index in [-0.39, 0.29) is 11.1 Å². The van der Waals surface area contributed by atoms with Gasteiger partial charge in [0.2, 0.25) is 0 Å². The number of fused-ring (bicyclic) bond motifs is 1. The van der Waals surface area contributed by atoms with Gasteiger partial charge in [0.1, 0.15) is 0 Å². The zero-order chi connectivity index (χ0) is 18.5. The first-order valence-corrected chi connectivity index (χ1v) is 7.93. The van der Waals surface area contributed by atoms with E-state index in [0.717, 1.165) is 5.39 Å². The number of H-pyrrole nitrogens is 1. The van der Waals surface area contributed by atoms with E-state index in [4.69, 9.17) is 11.6 Å². The van der Waals surface area contributed by atoms with E-state index in [2.05, 4.69) is 20.8 Å². The Bertz CT molecular complexity index is 1080. The van der Waals surface area contributed by atoms with E-state index in [9.17, 15) is 14.4 Å². The number of carbonyl (C=O) groups is 2. The first kappa shape index (κ1) is 17.4. The number of anilines is 1. The molecule has 0 atom stereocenters. The minimum absolute atomic E-state index is 0.246. The minimum atomic E-state index is -0.988. The summed E-state index contributed by atoms with van der Waals surface area (Å²) in [5.41, 5.74) is 2.96. The molecule has 0 saturated carbocycles. The van der Waals surface area contributed by atoms with Crippen LogP contribution in [0, 0.1) is 0 Å². The number of benzene rings is 2. The van der Waals surface area contributed by atoms with Crippen LogP contribution in [0.3, 0.4) is 0 Å². The highest BCUT2D eigenvalue weighted by atomic mass is 35.5. The average molecular weight is 369 g/mol. The molecular formula is C18H13ClN4O3. The second kappa shape index (κ2) is 7.62. The molecule has 0 saturated heterocycles. The maximum absolute atomic E-state index is 12.0. The summed E-state index contributed by atoms with van der Waals surface area (Å²) in [5, 5.41) is 7.15. The highest BCUT2D eigenvalue weighted by Crippen LogP contribution is 2.20. The van der Waals surface area contributed by atoms with Crippen LogP contribution in [0.2, 0.25) is 5.02 Å². The molecule has 3 aromatic rings. The zero-order valence-corrected chi connectivity index (χ0v) is 14.1. The van der Waals surface area contributed by atoms with Gasteiger partial charge in [-0.25, -0.2) is 5.43 Å². The number of nitrogens with zero attached hydrogens (tertiary/aromatic N) is 1. The van der Waals surface area contributed by atoms with Crippen molar-refractivity contribution < 1.29 is 9.59 Å². The second-order valence-corrected chi connectivity index (χ2v) is 5.68. The monoisotopic (exact) mass is 368 g/mol. The molecule has 0 aliphatic heterocycles. The number of rotatable bonds is 3. The number of hydrazone groups is 1. The van der Waals surface area contributed by atoms with Gasteiger partial charge in [-0.2, -0.15) is 5.10 Å². The topological polar surface area (TPSA) is 103 Å². The molecule has 0 spiro atoms. The molecule has 3 N–H and O–H groups in total. The molecule has 1 heterocycles. The molecule has 0 aliphatic carbocycles. The Morgan fingerprint density at radius 2 is 1.77 bits per heavy atom. The SMILES string of the molecule is O=C(NN=Cc1cc2ccccc2[nH]c1=O)C(=O)Nc1ccccc1Cl. The first-order chi connectivity index (χ1) is 12.5. The smallest absolute Gasteiger partial charge is 0.321 e. The Labute approximate surface area is 152 Å². The molecule has 130 valence electrons. The zero-order valence-electron chi connectivity index (χ0n) is 13.3. The number of hydrogen-bond donors (Lipinski definition) is 3. The molecule has 0 unspecified atom stereocenters. The third-order valence-corrected chi connectivity index (χ3v) is 3.81. The Kier molecular flexibility index (Phi) is 5.09. The van der Waals surface area contributed by atoms with Crippen molar-refractivity contribution in [3.8, 4) is 0 Å². The predicted molar refractivity (Wildman–Crippen MR) is 100 cm³/mol. The molecule has 3 rings (SSSR count). The second-order valence-electron chi connectivity index (χ2n) is 5.27. The maximum atomic E-state index is 12.0. The Morgan fingerprint density at radius 1 is 1.04 bits per heavy atom. The molecule has 26 heavy (non-hydrogen) atoms. The summed E-state index contributed by atoms with van der Waals surface area (Å²) in [4.78, 5) is 38.3. The van der Waals surface area contributed by atoms with Crippen LogP contribution in [-0.4, -0.2) is 23.0 Å². The summed E-state index contributed by atoms with van der Waals surface area (Å²) in [6.07, 6.45) is 1.17. The fraction of sp³-hybridized carbons (Fsp3) is 0. The Hall–Kier alpha value is -3.45. The van der Waals surface area contributed by atoms with Gasteiger partial charge in [0.05, 0.1) is 22.5 Å². The summed E-state index contributed by atoms with van der Waals surface area (Å²) in [6.45, 7) is 0. The summed E-state index contributed by atoms with van der Waals surface area (Å²) in [7, 11) is 0. The van der Waals surface area contributed by atoms with Gasteiger partial charge in [0.15, 0.2) is 0 Å². The number of carbonyl (C=O) groups excluding carboxylic acids is 2. The fourth-order valence-electron chi connectivity index (χ4n) is 2.21. The maximum Gasteiger partial charge on any atom is 0.329 e. The van der Waals surface area contributed by atoms with E-state index in [1.807, 2.05) is 18.2 Å². The van der Waals surface area contributed by atoms with Gasteiger partial charge in [-0.3, -0.25) is 14.4 Å². The van der Waals surface area contributed by atoms with Gasteiger partial charge in [-0.05, 0) is 29.7 Å². The molecule has 1 aromatic heterocycles. The van der Waals surface area contributed by atoms with Crippen molar-refractivity contribution in [3.63, 3.8) is 0 Å². The third-order valence-electron chi connectivity index (χ3n) is 3.48. The molecule has 8 heteroatoms. The highest BCUT2D eigenvalue weighted by Gasteiger charge is 2.14.